The van der Waals surface area contributed by atoms with Crippen molar-refractivity contribution in [3.63, 3.8) is 0 Å². The Morgan fingerprint density at radius 3 is 2.55 bits per heavy atom. The average molecular weight is 414 g/mol. The first kappa shape index (κ1) is 21.0. The molecule has 4 nitrogen and oxygen atoms in total. The van der Waals surface area contributed by atoms with Crippen molar-refractivity contribution < 1.29 is 19.0 Å². The SMILES string of the molecule is CCCCOC(=O)Cc1c(C)n(C(=S)c2ccc(C)cc2)c2cc(F)c(O)cc12. The van der Waals surface area contributed by atoms with Crippen molar-refractivity contribution in [3.05, 3.63) is 64.6 Å². The molecule has 0 aliphatic heterocycles. The fourth-order valence-corrected chi connectivity index (χ4v) is 3.70. The maximum Gasteiger partial charge on any atom is 0.310 e. The minimum Gasteiger partial charge on any atom is -0.505 e. The van der Waals surface area contributed by atoms with Crippen LogP contribution >= 0.6 is 12.2 Å². The van der Waals surface area contributed by atoms with E-state index in [9.17, 15) is 14.3 Å². The highest BCUT2D eigenvalue weighted by Gasteiger charge is 2.22. The minimum atomic E-state index is -0.736. The molecule has 0 bridgehead atoms. The first-order chi connectivity index (χ1) is 13.8. The molecule has 0 spiro atoms. The van der Waals surface area contributed by atoms with Gasteiger partial charge in [-0.2, -0.15) is 0 Å². The van der Waals surface area contributed by atoms with Crippen molar-refractivity contribution in [3.8, 4) is 5.75 Å². The molecule has 3 aromatic rings. The summed E-state index contributed by atoms with van der Waals surface area (Å²) in [5, 5.41) is 10.5. The third kappa shape index (κ3) is 4.32. The van der Waals surface area contributed by atoms with Gasteiger partial charge >= 0.3 is 5.97 Å². The van der Waals surface area contributed by atoms with Crippen LogP contribution in [0.5, 0.6) is 5.75 Å². The van der Waals surface area contributed by atoms with E-state index in [2.05, 4.69) is 0 Å². The van der Waals surface area contributed by atoms with Crippen LogP contribution in [0.1, 0.15) is 42.1 Å². The van der Waals surface area contributed by atoms with Gasteiger partial charge in [-0.05, 0) is 31.9 Å². The summed E-state index contributed by atoms with van der Waals surface area (Å²) in [7, 11) is 0. The monoisotopic (exact) mass is 413 g/mol. The number of benzene rings is 2. The number of nitrogens with zero attached hydrogens (tertiary/aromatic N) is 1. The summed E-state index contributed by atoms with van der Waals surface area (Å²) in [4.78, 5) is 12.8. The summed E-state index contributed by atoms with van der Waals surface area (Å²) in [6, 6.07) is 10.4. The highest BCUT2D eigenvalue weighted by Crippen LogP contribution is 2.32. The van der Waals surface area contributed by atoms with Crippen LogP contribution in [0.3, 0.4) is 0 Å². The number of unbranched alkanes of at least 4 members (excludes halogenated alkanes) is 1. The number of aromatic nitrogens is 1. The summed E-state index contributed by atoms with van der Waals surface area (Å²) < 4.78 is 21.2. The highest BCUT2D eigenvalue weighted by atomic mass is 32.1. The van der Waals surface area contributed by atoms with Crippen LogP contribution in [-0.2, 0) is 16.0 Å². The number of rotatable bonds is 6. The fraction of sp³-hybridized carbons (Fsp3) is 0.304. The predicted octanol–water partition coefficient (Wildman–Crippen LogP) is 5.21. The second kappa shape index (κ2) is 8.74. The van der Waals surface area contributed by atoms with Gasteiger partial charge in [0.15, 0.2) is 11.6 Å². The lowest BCUT2D eigenvalue weighted by atomic mass is 10.1. The number of hydrogen-bond acceptors (Lipinski definition) is 4. The maximum absolute atomic E-state index is 14.2. The molecule has 0 aliphatic rings. The zero-order chi connectivity index (χ0) is 21.1. The maximum atomic E-state index is 14.2. The Bertz CT molecular complexity index is 1070. The number of phenols is 1. The van der Waals surface area contributed by atoms with Gasteiger partial charge in [-0.25, -0.2) is 4.39 Å². The third-order valence-electron chi connectivity index (χ3n) is 4.99. The van der Waals surface area contributed by atoms with E-state index >= 15 is 0 Å². The van der Waals surface area contributed by atoms with E-state index < -0.39 is 11.6 Å². The molecule has 6 heteroatoms. The molecule has 0 saturated heterocycles. The molecule has 0 aliphatic carbocycles. The smallest absolute Gasteiger partial charge is 0.310 e. The second-order valence-corrected chi connectivity index (χ2v) is 7.53. The quantitative estimate of drug-likeness (QED) is 0.342. The lowest BCUT2D eigenvalue weighted by Gasteiger charge is -2.11. The molecule has 0 saturated carbocycles. The number of ether oxygens (including phenoxy) is 1. The molecule has 152 valence electrons. The Hall–Kier alpha value is -2.73. The number of aryl methyl sites for hydroxylation is 1. The molecule has 0 unspecified atom stereocenters. The number of hydrogen-bond donors (Lipinski definition) is 1. The average Bonchev–Trinajstić information content (AvgIpc) is 2.93. The van der Waals surface area contributed by atoms with Crippen LogP contribution in [0.15, 0.2) is 36.4 Å². The summed E-state index contributed by atoms with van der Waals surface area (Å²) in [5.41, 5.74) is 3.84. The van der Waals surface area contributed by atoms with Gasteiger partial charge in [-0.15, -0.1) is 0 Å². The van der Waals surface area contributed by atoms with E-state index in [1.54, 1.807) is 4.57 Å². The molecule has 3 rings (SSSR count). The van der Waals surface area contributed by atoms with E-state index in [1.165, 1.54) is 12.1 Å². The number of carbonyl (C=O) groups is 1. The lowest BCUT2D eigenvalue weighted by molar-refractivity contribution is -0.142. The summed E-state index contributed by atoms with van der Waals surface area (Å²) >= 11 is 5.70. The Morgan fingerprint density at radius 1 is 1.21 bits per heavy atom. The molecule has 0 amide bonds. The number of carbonyl (C=O) groups excluding carboxylic acids is 1. The summed E-state index contributed by atoms with van der Waals surface area (Å²) in [5.74, 6) is -1.55. The van der Waals surface area contributed by atoms with E-state index in [4.69, 9.17) is 17.0 Å². The van der Waals surface area contributed by atoms with Crippen LogP contribution in [0, 0.1) is 19.7 Å². The fourth-order valence-electron chi connectivity index (χ4n) is 3.32. The van der Waals surface area contributed by atoms with Crippen molar-refractivity contribution in [2.45, 2.75) is 40.0 Å². The first-order valence-corrected chi connectivity index (χ1v) is 10.0. The number of aromatic hydroxyl groups is 1. The topological polar surface area (TPSA) is 51.5 Å². The van der Waals surface area contributed by atoms with E-state index in [0.717, 1.165) is 29.7 Å². The number of halogens is 1. The minimum absolute atomic E-state index is 0.0284. The van der Waals surface area contributed by atoms with Crippen LogP contribution < -0.4 is 0 Å². The van der Waals surface area contributed by atoms with Gasteiger partial charge in [-0.1, -0.05) is 55.4 Å². The molecule has 1 N–H and O–H groups in total. The van der Waals surface area contributed by atoms with Gasteiger partial charge in [0, 0.05) is 22.7 Å². The van der Waals surface area contributed by atoms with Gasteiger partial charge in [0.05, 0.1) is 18.5 Å². The number of esters is 1. The van der Waals surface area contributed by atoms with E-state index in [-0.39, 0.29) is 12.4 Å². The van der Waals surface area contributed by atoms with Gasteiger partial charge in [-0.3, -0.25) is 4.79 Å². The first-order valence-electron chi connectivity index (χ1n) is 9.62. The molecule has 1 aromatic heterocycles. The van der Waals surface area contributed by atoms with Gasteiger partial charge in [0.1, 0.15) is 4.99 Å². The van der Waals surface area contributed by atoms with Crippen LogP contribution in [0.2, 0.25) is 0 Å². The zero-order valence-corrected chi connectivity index (χ0v) is 17.6. The van der Waals surface area contributed by atoms with Crippen molar-refractivity contribution >= 4 is 34.1 Å². The largest absolute Gasteiger partial charge is 0.505 e. The summed E-state index contributed by atoms with van der Waals surface area (Å²) in [6.45, 7) is 6.22. The second-order valence-electron chi connectivity index (χ2n) is 7.14. The lowest BCUT2D eigenvalue weighted by Crippen LogP contribution is -2.14. The van der Waals surface area contributed by atoms with Crippen molar-refractivity contribution in [2.24, 2.45) is 0 Å². The van der Waals surface area contributed by atoms with Gasteiger partial charge < -0.3 is 14.4 Å². The standard InChI is InChI=1S/C23H24FNO3S/c1-4-5-10-28-22(27)12-17-15(3)25(20-13-19(24)21(26)11-18(17)20)23(29)16-8-6-14(2)7-9-16/h6-9,11,13,26H,4-5,10,12H2,1-3H3. The molecular weight excluding hydrogens is 389 g/mol. The Morgan fingerprint density at radius 2 is 1.90 bits per heavy atom. The Balaban J connectivity index is 2.09. The van der Waals surface area contributed by atoms with Gasteiger partial charge in [0.25, 0.3) is 0 Å². The zero-order valence-electron chi connectivity index (χ0n) is 16.8. The molecule has 0 atom stereocenters. The van der Waals surface area contributed by atoms with Gasteiger partial charge in [0.2, 0.25) is 0 Å². The number of fused-ring (bicyclic) bond motifs is 1. The predicted molar refractivity (Wildman–Crippen MR) is 116 cm³/mol. The highest BCUT2D eigenvalue weighted by molar-refractivity contribution is 7.80. The van der Waals surface area contributed by atoms with Crippen molar-refractivity contribution in [1.82, 2.24) is 4.57 Å². The van der Waals surface area contributed by atoms with E-state index in [0.29, 0.717) is 28.1 Å². The normalized spacial score (nSPS) is 11.0. The Kier molecular flexibility index (Phi) is 6.33. The van der Waals surface area contributed by atoms with Crippen LogP contribution in [-0.4, -0.2) is 27.2 Å². The van der Waals surface area contributed by atoms with Crippen LogP contribution in [0.4, 0.5) is 4.39 Å². The van der Waals surface area contributed by atoms with Crippen molar-refractivity contribution in [1.29, 1.82) is 0 Å². The Labute approximate surface area is 174 Å². The number of thiocarbonyl (C=S) groups is 1. The molecule has 2 aromatic carbocycles. The van der Waals surface area contributed by atoms with Crippen LogP contribution in [0.25, 0.3) is 10.9 Å². The molecule has 1 heterocycles. The molecule has 0 radical (unpaired) electrons. The third-order valence-corrected chi connectivity index (χ3v) is 5.41. The van der Waals surface area contributed by atoms with Crippen molar-refractivity contribution in [2.75, 3.05) is 6.61 Å². The molecule has 0 fully saturated rings. The molecular formula is C23H24FNO3S. The molecule has 29 heavy (non-hydrogen) atoms. The number of phenolic OH excluding ortho intramolecular Hbond substituents is 1. The van der Waals surface area contributed by atoms with E-state index in [1.807, 2.05) is 45.0 Å². The summed E-state index contributed by atoms with van der Waals surface area (Å²) in [6.07, 6.45) is 1.76.